The van der Waals surface area contributed by atoms with Gasteiger partial charge in [0.15, 0.2) is 17.3 Å². The lowest BCUT2D eigenvalue weighted by Gasteiger charge is -2.23. The summed E-state index contributed by atoms with van der Waals surface area (Å²) in [5.41, 5.74) is 0.297. The number of amides is 2. The molecule has 0 aliphatic heterocycles. The molecular weight excluding hydrogens is 382 g/mol. The first-order valence-electron chi connectivity index (χ1n) is 8.82. The molecule has 1 aromatic carbocycles. The van der Waals surface area contributed by atoms with Crippen LogP contribution in [0.15, 0.2) is 29.0 Å². The minimum Gasteiger partial charge on any atom is -0.493 e. The predicted octanol–water partition coefficient (Wildman–Crippen LogP) is 1.82. The molecule has 10 nitrogen and oxygen atoms in total. The number of hydrogen-bond acceptors (Lipinski definition) is 8. The van der Waals surface area contributed by atoms with Crippen molar-refractivity contribution in [1.29, 1.82) is 0 Å². The van der Waals surface area contributed by atoms with Crippen LogP contribution in [0.25, 0.3) is 0 Å². The molecule has 0 spiro atoms. The Bertz CT molecular complexity index is 783. The number of methoxy groups -OCH3 is 4. The maximum atomic E-state index is 13.1. The van der Waals surface area contributed by atoms with Crippen molar-refractivity contribution in [1.82, 2.24) is 10.1 Å². The first-order valence-corrected chi connectivity index (χ1v) is 8.82. The number of nitrogens with one attached hydrogen (secondary N) is 1. The van der Waals surface area contributed by atoms with E-state index in [9.17, 15) is 9.59 Å². The minimum atomic E-state index is -0.405. The Hall–Kier alpha value is -3.27. The van der Waals surface area contributed by atoms with E-state index in [0.29, 0.717) is 42.4 Å². The molecule has 1 aromatic heterocycles. The maximum absolute atomic E-state index is 13.1. The number of hydrogen-bond donors (Lipinski definition) is 1. The van der Waals surface area contributed by atoms with Crippen LogP contribution in [0, 0.1) is 0 Å². The van der Waals surface area contributed by atoms with Crippen molar-refractivity contribution in [3.63, 3.8) is 0 Å². The standard InChI is InChI=1S/C19H25N3O7/c1-25-8-5-7-22(12-17(23)20-16-6-9-29-21-16)19(24)13-10-14(26-2)18(28-4)15(11-13)27-3/h6,9-11H,5,7-8,12H2,1-4H3,(H,20,21,23). The molecule has 1 heterocycles. The van der Waals surface area contributed by atoms with Gasteiger partial charge in [0.25, 0.3) is 5.91 Å². The van der Waals surface area contributed by atoms with Crippen LogP contribution in [0.3, 0.4) is 0 Å². The number of carbonyl (C=O) groups excluding carboxylic acids is 2. The fourth-order valence-electron chi connectivity index (χ4n) is 2.67. The maximum Gasteiger partial charge on any atom is 0.254 e. The summed E-state index contributed by atoms with van der Waals surface area (Å²) in [4.78, 5) is 26.9. The third-order valence-corrected chi connectivity index (χ3v) is 4.02. The highest BCUT2D eigenvalue weighted by Gasteiger charge is 2.23. The predicted molar refractivity (Wildman–Crippen MR) is 104 cm³/mol. The van der Waals surface area contributed by atoms with E-state index in [4.69, 9.17) is 18.9 Å². The van der Waals surface area contributed by atoms with E-state index in [1.54, 1.807) is 19.2 Å². The average molecular weight is 407 g/mol. The van der Waals surface area contributed by atoms with E-state index in [1.165, 1.54) is 38.6 Å². The molecule has 2 aromatic rings. The molecule has 158 valence electrons. The summed E-state index contributed by atoms with van der Waals surface area (Å²) >= 11 is 0. The zero-order chi connectivity index (χ0) is 21.2. The van der Waals surface area contributed by atoms with Gasteiger partial charge < -0.3 is 33.7 Å². The van der Waals surface area contributed by atoms with Gasteiger partial charge in [0.2, 0.25) is 11.7 Å². The Morgan fingerprint density at radius 3 is 2.31 bits per heavy atom. The van der Waals surface area contributed by atoms with Crippen LogP contribution in [0.1, 0.15) is 16.8 Å². The molecule has 29 heavy (non-hydrogen) atoms. The first kappa shape index (κ1) is 22.0. The Balaban J connectivity index is 2.24. The summed E-state index contributed by atoms with van der Waals surface area (Å²) < 4.78 is 25.6. The topological polar surface area (TPSA) is 112 Å². The lowest BCUT2D eigenvalue weighted by molar-refractivity contribution is -0.117. The summed E-state index contributed by atoms with van der Waals surface area (Å²) in [6.07, 6.45) is 1.90. The highest BCUT2D eigenvalue weighted by Crippen LogP contribution is 2.38. The van der Waals surface area contributed by atoms with Crippen molar-refractivity contribution >= 4 is 17.6 Å². The molecule has 2 amide bonds. The first-order chi connectivity index (χ1) is 14.0. The van der Waals surface area contributed by atoms with Gasteiger partial charge in [-0.15, -0.1) is 0 Å². The van der Waals surface area contributed by atoms with Gasteiger partial charge in [0.05, 0.1) is 21.3 Å². The molecule has 0 saturated carbocycles. The van der Waals surface area contributed by atoms with E-state index in [2.05, 4.69) is 15.0 Å². The number of anilines is 1. The Labute approximate surface area is 168 Å². The Kier molecular flexibility index (Phi) is 8.28. The van der Waals surface area contributed by atoms with E-state index in [-0.39, 0.29) is 18.3 Å². The smallest absolute Gasteiger partial charge is 0.254 e. The van der Waals surface area contributed by atoms with Crippen LogP contribution in [-0.2, 0) is 9.53 Å². The van der Waals surface area contributed by atoms with Crippen molar-refractivity contribution < 1.29 is 33.1 Å². The molecule has 0 fully saturated rings. The lowest BCUT2D eigenvalue weighted by Crippen LogP contribution is -2.39. The van der Waals surface area contributed by atoms with E-state index in [1.807, 2.05) is 0 Å². The highest BCUT2D eigenvalue weighted by atomic mass is 16.5. The average Bonchev–Trinajstić information content (AvgIpc) is 3.24. The zero-order valence-electron chi connectivity index (χ0n) is 16.9. The highest BCUT2D eigenvalue weighted by molar-refractivity contribution is 5.99. The Morgan fingerprint density at radius 1 is 1.10 bits per heavy atom. The second-order valence-electron chi connectivity index (χ2n) is 5.92. The summed E-state index contributed by atoms with van der Waals surface area (Å²) in [7, 11) is 5.98. The van der Waals surface area contributed by atoms with Crippen molar-refractivity contribution in [2.24, 2.45) is 0 Å². The number of ether oxygens (including phenoxy) is 4. The van der Waals surface area contributed by atoms with E-state index < -0.39 is 5.91 Å². The largest absolute Gasteiger partial charge is 0.493 e. The third kappa shape index (κ3) is 5.85. The van der Waals surface area contributed by atoms with Crippen LogP contribution in [0.5, 0.6) is 17.2 Å². The van der Waals surface area contributed by atoms with Gasteiger partial charge >= 0.3 is 0 Å². The molecule has 0 radical (unpaired) electrons. The monoisotopic (exact) mass is 407 g/mol. The summed E-state index contributed by atoms with van der Waals surface area (Å²) in [5.74, 6) is 0.569. The van der Waals surface area contributed by atoms with Crippen LogP contribution >= 0.6 is 0 Å². The molecule has 0 unspecified atom stereocenters. The van der Waals surface area contributed by atoms with Gasteiger partial charge in [-0.25, -0.2) is 0 Å². The van der Waals surface area contributed by atoms with Crippen LogP contribution in [-0.4, -0.2) is 70.0 Å². The Morgan fingerprint density at radius 2 is 1.79 bits per heavy atom. The van der Waals surface area contributed by atoms with Crippen molar-refractivity contribution in [2.45, 2.75) is 6.42 Å². The molecule has 0 saturated heterocycles. The van der Waals surface area contributed by atoms with E-state index in [0.717, 1.165) is 0 Å². The number of aromatic nitrogens is 1. The summed E-state index contributed by atoms with van der Waals surface area (Å²) in [5, 5.41) is 6.20. The van der Waals surface area contributed by atoms with Gasteiger partial charge in [0, 0.05) is 31.9 Å². The van der Waals surface area contributed by atoms with Crippen molar-refractivity contribution in [3.8, 4) is 17.2 Å². The molecule has 1 N–H and O–H groups in total. The normalized spacial score (nSPS) is 10.3. The van der Waals surface area contributed by atoms with Gasteiger partial charge in [0.1, 0.15) is 12.8 Å². The number of benzene rings is 1. The third-order valence-electron chi connectivity index (χ3n) is 4.02. The second-order valence-corrected chi connectivity index (χ2v) is 5.92. The molecule has 0 aliphatic carbocycles. The molecule has 0 aliphatic rings. The minimum absolute atomic E-state index is 0.175. The summed E-state index contributed by atoms with van der Waals surface area (Å²) in [6.45, 7) is 0.589. The van der Waals surface area contributed by atoms with Crippen LogP contribution in [0.2, 0.25) is 0 Å². The summed E-state index contributed by atoms with van der Waals surface area (Å²) in [6, 6.07) is 4.60. The molecule has 10 heteroatoms. The van der Waals surface area contributed by atoms with E-state index >= 15 is 0 Å². The SMILES string of the molecule is COCCCN(CC(=O)Nc1ccon1)C(=O)c1cc(OC)c(OC)c(OC)c1. The zero-order valence-corrected chi connectivity index (χ0v) is 16.9. The van der Waals surface area contributed by atoms with Gasteiger partial charge in [-0.05, 0) is 18.6 Å². The fraction of sp³-hybridized carbons (Fsp3) is 0.421. The fourth-order valence-corrected chi connectivity index (χ4v) is 2.67. The molecule has 0 atom stereocenters. The van der Waals surface area contributed by atoms with Crippen LogP contribution in [0.4, 0.5) is 5.82 Å². The van der Waals surface area contributed by atoms with Gasteiger partial charge in [-0.3, -0.25) is 9.59 Å². The molecular formula is C19H25N3O7. The number of carbonyl (C=O) groups is 2. The van der Waals surface area contributed by atoms with Gasteiger partial charge in [-0.2, -0.15) is 0 Å². The molecule has 2 rings (SSSR count). The van der Waals surface area contributed by atoms with Gasteiger partial charge in [-0.1, -0.05) is 5.16 Å². The van der Waals surface area contributed by atoms with Crippen LogP contribution < -0.4 is 19.5 Å². The number of rotatable bonds is 11. The number of nitrogens with zero attached hydrogens (tertiary/aromatic N) is 2. The molecule has 0 bridgehead atoms. The second kappa shape index (κ2) is 10.9. The van der Waals surface area contributed by atoms with Crippen molar-refractivity contribution in [3.05, 3.63) is 30.0 Å². The van der Waals surface area contributed by atoms with Crippen molar-refractivity contribution in [2.75, 3.05) is 53.5 Å². The lowest BCUT2D eigenvalue weighted by atomic mass is 10.1. The quantitative estimate of drug-likeness (QED) is 0.562.